The van der Waals surface area contributed by atoms with E-state index in [0.29, 0.717) is 5.41 Å². The first-order valence-corrected chi connectivity index (χ1v) is 7.19. The number of anilines is 2. The molecule has 0 atom stereocenters. The summed E-state index contributed by atoms with van der Waals surface area (Å²) in [5.74, 6) is 0.783. The Balaban J connectivity index is 1.97. The van der Waals surface area contributed by atoms with Crippen molar-refractivity contribution < 1.29 is 0 Å². The average molecular weight is 246 g/mol. The van der Waals surface area contributed by atoms with Gasteiger partial charge in [-0.15, -0.1) is 0 Å². The van der Waals surface area contributed by atoms with Crippen LogP contribution < -0.4 is 11.1 Å². The highest BCUT2D eigenvalue weighted by molar-refractivity contribution is 5.54. The monoisotopic (exact) mass is 246 g/mol. The van der Waals surface area contributed by atoms with Crippen LogP contribution in [0.4, 0.5) is 11.4 Å². The molecule has 0 aliphatic heterocycles. The maximum absolute atomic E-state index is 5.82. The van der Waals surface area contributed by atoms with Gasteiger partial charge in [-0.1, -0.05) is 32.8 Å². The Morgan fingerprint density at radius 2 is 2.00 bits per heavy atom. The topological polar surface area (TPSA) is 38.0 Å². The standard InChI is InChI=1S/C16H26N2/c1-13(2)11-16(8-3-4-9-16)12-18-15-7-5-6-14(17)10-15/h5-7,10,13,18H,3-4,8-9,11-12,17H2,1-2H3. The van der Waals surface area contributed by atoms with Gasteiger partial charge in [0.05, 0.1) is 0 Å². The first-order valence-electron chi connectivity index (χ1n) is 7.19. The average Bonchev–Trinajstić information content (AvgIpc) is 2.75. The lowest BCUT2D eigenvalue weighted by atomic mass is 9.78. The number of nitrogens with one attached hydrogen (secondary N) is 1. The van der Waals surface area contributed by atoms with Gasteiger partial charge in [0.25, 0.3) is 0 Å². The summed E-state index contributed by atoms with van der Waals surface area (Å²) < 4.78 is 0. The summed E-state index contributed by atoms with van der Waals surface area (Å²) in [7, 11) is 0. The third kappa shape index (κ3) is 3.41. The molecule has 0 heterocycles. The molecule has 2 nitrogen and oxygen atoms in total. The van der Waals surface area contributed by atoms with Crippen molar-refractivity contribution in [2.45, 2.75) is 46.0 Å². The molecule has 1 aromatic rings. The number of nitrogen functional groups attached to an aromatic ring is 1. The van der Waals surface area contributed by atoms with E-state index < -0.39 is 0 Å². The fourth-order valence-corrected chi connectivity index (χ4v) is 3.38. The van der Waals surface area contributed by atoms with Crippen molar-refractivity contribution in [1.82, 2.24) is 0 Å². The van der Waals surface area contributed by atoms with E-state index in [9.17, 15) is 0 Å². The van der Waals surface area contributed by atoms with Crippen molar-refractivity contribution in [2.75, 3.05) is 17.6 Å². The summed E-state index contributed by atoms with van der Waals surface area (Å²) >= 11 is 0. The van der Waals surface area contributed by atoms with Crippen molar-refractivity contribution in [3.8, 4) is 0 Å². The maximum atomic E-state index is 5.82. The minimum absolute atomic E-state index is 0.513. The molecule has 100 valence electrons. The van der Waals surface area contributed by atoms with Crippen LogP contribution >= 0.6 is 0 Å². The highest BCUT2D eigenvalue weighted by atomic mass is 14.9. The maximum Gasteiger partial charge on any atom is 0.0360 e. The molecule has 1 aromatic carbocycles. The van der Waals surface area contributed by atoms with E-state index in [-0.39, 0.29) is 0 Å². The molecule has 2 rings (SSSR count). The molecule has 0 bridgehead atoms. The van der Waals surface area contributed by atoms with Gasteiger partial charge >= 0.3 is 0 Å². The molecule has 0 spiro atoms. The zero-order valence-electron chi connectivity index (χ0n) is 11.7. The van der Waals surface area contributed by atoms with Gasteiger partial charge in [-0.2, -0.15) is 0 Å². The molecular weight excluding hydrogens is 220 g/mol. The third-order valence-corrected chi connectivity index (χ3v) is 4.06. The van der Waals surface area contributed by atoms with E-state index in [0.717, 1.165) is 23.8 Å². The van der Waals surface area contributed by atoms with Crippen molar-refractivity contribution in [3.05, 3.63) is 24.3 Å². The number of hydrogen-bond donors (Lipinski definition) is 2. The summed E-state index contributed by atoms with van der Waals surface area (Å²) in [6, 6.07) is 8.08. The van der Waals surface area contributed by atoms with Gasteiger partial charge in [-0.25, -0.2) is 0 Å². The normalized spacial score (nSPS) is 18.2. The van der Waals surface area contributed by atoms with Crippen LogP contribution in [0.3, 0.4) is 0 Å². The van der Waals surface area contributed by atoms with Crippen molar-refractivity contribution in [1.29, 1.82) is 0 Å². The van der Waals surface area contributed by atoms with Gasteiger partial charge in [0.2, 0.25) is 0 Å². The van der Waals surface area contributed by atoms with E-state index in [1.54, 1.807) is 0 Å². The van der Waals surface area contributed by atoms with E-state index in [4.69, 9.17) is 5.73 Å². The van der Waals surface area contributed by atoms with Crippen LogP contribution in [0.25, 0.3) is 0 Å². The predicted molar refractivity (Wildman–Crippen MR) is 79.7 cm³/mol. The van der Waals surface area contributed by atoms with E-state index in [1.165, 1.54) is 32.1 Å². The van der Waals surface area contributed by atoms with Crippen LogP contribution in [0.15, 0.2) is 24.3 Å². The Morgan fingerprint density at radius 1 is 1.28 bits per heavy atom. The number of hydrogen-bond acceptors (Lipinski definition) is 2. The third-order valence-electron chi connectivity index (χ3n) is 4.06. The molecule has 1 fully saturated rings. The smallest absolute Gasteiger partial charge is 0.0360 e. The molecule has 0 amide bonds. The molecular formula is C16H26N2. The fourth-order valence-electron chi connectivity index (χ4n) is 3.38. The summed E-state index contributed by atoms with van der Waals surface area (Å²) in [6.07, 6.45) is 6.87. The second-order valence-corrected chi connectivity index (χ2v) is 6.28. The van der Waals surface area contributed by atoms with Crippen molar-refractivity contribution in [2.24, 2.45) is 11.3 Å². The van der Waals surface area contributed by atoms with Crippen LogP contribution in [-0.2, 0) is 0 Å². The van der Waals surface area contributed by atoms with Crippen molar-refractivity contribution in [3.63, 3.8) is 0 Å². The minimum atomic E-state index is 0.513. The number of benzene rings is 1. The molecule has 3 N–H and O–H groups in total. The number of rotatable bonds is 5. The molecule has 0 saturated heterocycles. The quantitative estimate of drug-likeness (QED) is 0.761. The van der Waals surface area contributed by atoms with Gasteiger partial charge in [0, 0.05) is 17.9 Å². The summed E-state index contributed by atoms with van der Waals surface area (Å²) in [5, 5.41) is 3.59. The summed E-state index contributed by atoms with van der Waals surface area (Å²) in [4.78, 5) is 0. The van der Waals surface area contributed by atoms with Crippen LogP contribution in [0.5, 0.6) is 0 Å². The number of nitrogens with two attached hydrogens (primary N) is 1. The largest absolute Gasteiger partial charge is 0.399 e. The van der Waals surface area contributed by atoms with Gasteiger partial charge < -0.3 is 11.1 Å². The van der Waals surface area contributed by atoms with Crippen LogP contribution in [-0.4, -0.2) is 6.54 Å². The van der Waals surface area contributed by atoms with Gasteiger partial charge in [0.15, 0.2) is 0 Å². The first-order chi connectivity index (χ1) is 8.60. The lowest BCUT2D eigenvalue weighted by Gasteiger charge is -2.31. The Morgan fingerprint density at radius 3 is 2.61 bits per heavy atom. The Labute approximate surface area is 111 Å². The lowest BCUT2D eigenvalue weighted by Crippen LogP contribution is -2.28. The molecule has 1 aliphatic carbocycles. The molecule has 0 unspecified atom stereocenters. The second kappa shape index (κ2) is 5.64. The second-order valence-electron chi connectivity index (χ2n) is 6.28. The Hall–Kier alpha value is -1.18. The fraction of sp³-hybridized carbons (Fsp3) is 0.625. The SMILES string of the molecule is CC(C)CC1(CNc2cccc(N)c2)CCCC1. The summed E-state index contributed by atoms with van der Waals surface area (Å²) in [5.41, 5.74) is 8.32. The van der Waals surface area contributed by atoms with E-state index in [2.05, 4.69) is 25.2 Å². The predicted octanol–water partition coefficient (Wildman–Crippen LogP) is 4.29. The first kappa shape index (κ1) is 13.3. The van der Waals surface area contributed by atoms with Crippen molar-refractivity contribution >= 4 is 11.4 Å². The molecule has 1 aliphatic rings. The molecule has 0 aromatic heterocycles. The highest BCUT2D eigenvalue weighted by Crippen LogP contribution is 2.43. The van der Waals surface area contributed by atoms with Crippen LogP contribution in [0, 0.1) is 11.3 Å². The highest BCUT2D eigenvalue weighted by Gasteiger charge is 2.33. The Bertz CT molecular complexity index is 378. The zero-order valence-corrected chi connectivity index (χ0v) is 11.7. The molecule has 1 saturated carbocycles. The van der Waals surface area contributed by atoms with Crippen LogP contribution in [0.2, 0.25) is 0 Å². The summed E-state index contributed by atoms with van der Waals surface area (Å²) in [6.45, 7) is 5.76. The van der Waals surface area contributed by atoms with Crippen LogP contribution in [0.1, 0.15) is 46.0 Å². The minimum Gasteiger partial charge on any atom is -0.399 e. The van der Waals surface area contributed by atoms with E-state index >= 15 is 0 Å². The van der Waals surface area contributed by atoms with Gasteiger partial charge in [-0.05, 0) is 48.8 Å². The van der Waals surface area contributed by atoms with Gasteiger partial charge in [-0.3, -0.25) is 0 Å². The van der Waals surface area contributed by atoms with E-state index in [1.807, 2.05) is 18.2 Å². The molecule has 0 radical (unpaired) electrons. The zero-order chi connectivity index (χ0) is 13.0. The molecule has 18 heavy (non-hydrogen) atoms. The lowest BCUT2D eigenvalue weighted by molar-refractivity contribution is 0.252. The molecule has 2 heteroatoms. The Kier molecular flexibility index (Phi) is 4.15. The van der Waals surface area contributed by atoms with Gasteiger partial charge in [0.1, 0.15) is 0 Å².